The lowest BCUT2D eigenvalue weighted by Gasteiger charge is -2.35. The predicted molar refractivity (Wildman–Crippen MR) is 91.3 cm³/mol. The lowest BCUT2D eigenvalue weighted by molar-refractivity contribution is 0.166. The smallest absolute Gasteiger partial charge is 0.161 e. The molecule has 0 N–H and O–H groups in total. The molecule has 3 heterocycles. The lowest BCUT2D eigenvalue weighted by Crippen LogP contribution is -2.37. The maximum absolute atomic E-state index is 5.44. The second-order valence-corrected chi connectivity index (χ2v) is 6.63. The second kappa shape index (κ2) is 6.06. The fourth-order valence-corrected chi connectivity index (χ4v) is 4.11. The summed E-state index contributed by atoms with van der Waals surface area (Å²) in [5.74, 6) is 2.44. The highest BCUT2D eigenvalue weighted by Gasteiger charge is 2.40. The molecular formula is C19H23N3O2. The van der Waals surface area contributed by atoms with Crippen LogP contribution < -0.4 is 9.47 Å². The molecule has 1 aromatic carbocycles. The molecule has 0 saturated carbocycles. The van der Waals surface area contributed by atoms with Crippen LogP contribution in [0.1, 0.15) is 41.5 Å². The minimum atomic E-state index is 0.437. The van der Waals surface area contributed by atoms with E-state index in [1.54, 1.807) is 14.2 Å². The number of aromatic nitrogens is 2. The van der Waals surface area contributed by atoms with Gasteiger partial charge < -0.3 is 9.47 Å². The van der Waals surface area contributed by atoms with Crippen molar-refractivity contribution < 1.29 is 9.47 Å². The van der Waals surface area contributed by atoms with Crippen LogP contribution in [-0.4, -0.2) is 35.1 Å². The van der Waals surface area contributed by atoms with Gasteiger partial charge in [0, 0.05) is 36.8 Å². The first-order chi connectivity index (χ1) is 11.7. The highest BCUT2D eigenvalue weighted by Crippen LogP contribution is 2.44. The van der Waals surface area contributed by atoms with Crippen molar-refractivity contribution in [2.75, 3.05) is 14.2 Å². The Kier molecular flexibility index (Phi) is 3.88. The summed E-state index contributed by atoms with van der Waals surface area (Å²) in [6.45, 7) is 2.89. The molecule has 0 aliphatic carbocycles. The number of hydrogen-bond acceptors (Lipinski definition) is 5. The molecule has 0 radical (unpaired) electrons. The monoisotopic (exact) mass is 325 g/mol. The quantitative estimate of drug-likeness (QED) is 0.864. The molecule has 2 aliphatic heterocycles. The number of benzene rings is 1. The SMILES string of the molecule is COc1ccc(CN2C3CCC2c2cnc(C)nc2C3)cc1OC. The topological polar surface area (TPSA) is 47.5 Å². The molecule has 2 atom stereocenters. The van der Waals surface area contributed by atoms with Crippen molar-refractivity contribution in [1.29, 1.82) is 0 Å². The number of methoxy groups -OCH3 is 2. The molecule has 126 valence electrons. The highest BCUT2D eigenvalue weighted by atomic mass is 16.5. The number of hydrogen-bond donors (Lipinski definition) is 0. The molecule has 5 heteroatoms. The predicted octanol–water partition coefficient (Wildman–Crippen LogP) is 3.06. The van der Waals surface area contributed by atoms with E-state index in [1.165, 1.54) is 29.7 Å². The molecule has 0 amide bonds. The molecule has 1 saturated heterocycles. The van der Waals surface area contributed by atoms with Crippen molar-refractivity contribution in [2.24, 2.45) is 0 Å². The van der Waals surface area contributed by atoms with E-state index in [0.717, 1.165) is 30.3 Å². The Morgan fingerprint density at radius 2 is 2.00 bits per heavy atom. The van der Waals surface area contributed by atoms with E-state index in [-0.39, 0.29) is 0 Å². The minimum Gasteiger partial charge on any atom is -0.493 e. The zero-order valence-electron chi connectivity index (χ0n) is 14.5. The van der Waals surface area contributed by atoms with Crippen molar-refractivity contribution in [3.63, 3.8) is 0 Å². The zero-order valence-corrected chi connectivity index (χ0v) is 14.5. The molecule has 1 fully saturated rings. The summed E-state index contributed by atoms with van der Waals surface area (Å²) in [5.41, 5.74) is 3.81. The van der Waals surface area contributed by atoms with Crippen LogP contribution in [0.3, 0.4) is 0 Å². The van der Waals surface area contributed by atoms with Gasteiger partial charge in [-0.1, -0.05) is 6.07 Å². The van der Waals surface area contributed by atoms with E-state index >= 15 is 0 Å². The largest absolute Gasteiger partial charge is 0.493 e. The van der Waals surface area contributed by atoms with Gasteiger partial charge in [-0.15, -0.1) is 0 Å². The van der Waals surface area contributed by atoms with Crippen molar-refractivity contribution in [3.8, 4) is 11.5 Å². The maximum atomic E-state index is 5.44. The van der Waals surface area contributed by atoms with Gasteiger partial charge in [0.05, 0.1) is 19.9 Å². The first kappa shape index (κ1) is 15.4. The minimum absolute atomic E-state index is 0.437. The third-order valence-electron chi connectivity index (χ3n) is 5.26. The van der Waals surface area contributed by atoms with E-state index < -0.39 is 0 Å². The number of rotatable bonds is 4. The summed E-state index contributed by atoms with van der Waals surface area (Å²) in [4.78, 5) is 11.7. The summed E-state index contributed by atoms with van der Waals surface area (Å²) in [7, 11) is 3.35. The zero-order chi connectivity index (χ0) is 16.7. The van der Waals surface area contributed by atoms with Crippen LogP contribution >= 0.6 is 0 Å². The Balaban J connectivity index is 1.61. The number of nitrogens with zero attached hydrogens (tertiary/aromatic N) is 3. The molecule has 24 heavy (non-hydrogen) atoms. The second-order valence-electron chi connectivity index (χ2n) is 6.63. The Bertz CT molecular complexity index is 762. The summed E-state index contributed by atoms with van der Waals surface area (Å²) in [5, 5.41) is 0. The molecule has 4 rings (SSSR count). The standard InChI is InChI=1S/C19H23N3O2/c1-12-20-10-15-16(21-12)9-14-5-6-17(15)22(14)11-13-4-7-18(23-2)19(8-13)24-3/h4,7-8,10,14,17H,5-6,9,11H2,1-3H3. The third-order valence-corrected chi connectivity index (χ3v) is 5.26. The number of fused-ring (bicyclic) bond motifs is 4. The summed E-state index contributed by atoms with van der Waals surface area (Å²) in [6.07, 6.45) is 5.48. The summed E-state index contributed by atoms with van der Waals surface area (Å²) >= 11 is 0. The van der Waals surface area contributed by atoms with Gasteiger partial charge in [-0.3, -0.25) is 4.90 Å². The van der Waals surface area contributed by atoms with Crippen molar-refractivity contribution in [3.05, 3.63) is 47.0 Å². The first-order valence-electron chi connectivity index (χ1n) is 8.48. The van der Waals surface area contributed by atoms with Gasteiger partial charge in [0.2, 0.25) is 0 Å². The van der Waals surface area contributed by atoms with Crippen LogP contribution in [0.2, 0.25) is 0 Å². The van der Waals surface area contributed by atoms with Gasteiger partial charge >= 0.3 is 0 Å². The summed E-state index contributed by atoms with van der Waals surface area (Å²) in [6, 6.07) is 7.21. The van der Waals surface area contributed by atoms with Gasteiger partial charge in [0.25, 0.3) is 0 Å². The molecule has 0 spiro atoms. The average Bonchev–Trinajstić information content (AvgIpc) is 2.87. The van der Waals surface area contributed by atoms with E-state index in [9.17, 15) is 0 Å². The Morgan fingerprint density at radius 1 is 1.17 bits per heavy atom. The van der Waals surface area contributed by atoms with E-state index in [4.69, 9.17) is 9.47 Å². The third kappa shape index (κ3) is 2.53. The van der Waals surface area contributed by atoms with Crippen molar-refractivity contribution in [2.45, 2.75) is 44.8 Å². The van der Waals surface area contributed by atoms with Crippen LogP contribution in [0.15, 0.2) is 24.4 Å². The van der Waals surface area contributed by atoms with Crippen LogP contribution in [0, 0.1) is 6.92 Å². The Hall–Kier alpha value is -2.14. The molecular weight excluding hydrogens is 302 g/mol. The fourth-order valence-electron chi connectivity index (χ4n) is 4.11. The van der Waals surface area contributed by atoms with E-state index in [1.807, 2.05) is 19.2 Å². The summed E-state index contributed by atoms with van der Waals surface area (Å²) < 4.78 is 10.8. The first-order valence-corrected chi connectivity index (χ1v) is 8.48. The Labute approximate surface area is 142 Å². The van der Waals surface area contributed by atoms with Crippen LogP contribution in [0.4, 0.5) is 0 Å². The van der Waals surface area contributed by atoms with Crippen molar-refractivity contribution >= 4 is 0 Å². The molecule has 2 unspecified atom stereocenters. The molecule has 2 bridgehead atoms. The van der Waals surface area contributed by atoms with Crippen LogP contribution in [0.25, 0.3) is 0 Å². The normalized spacial score (nSPS) is 22.3. The fraction of sp³-hybridized carbons (Fsp3) is 0.474. The van der Waals surface area contributed by atoms with E-state index in [2.05, 4.69) is 27.0 Å². The van der Waals surface area contributed by atoms with Gasteiger partial charge in [0.1, 0.15) is 5.82 Å². The lowest BCUT2D eigenvalue weighted by atomic mass is 9.98. The molecule has 5 nitrogen and oxygen atoms in total. The average molecular weight is 325 g/mol. The van der Waals surface area contributed by atoms with Gasteiger partial charge in [-0.05, 0) is 37.5 Å². The van der Waals surface area contributed by atoms with Gasteiger partial charge in [-0.25, -0.2) is 9.97 Å². The molecule has 2 aliphatic rings. The van der Waals surface area contributed by atoms with Gasteiger partial charge in [-0.2, -0.15) is 0 Å². The van der Waals surface area contributed by atoms with E-state index in [0.29, 0.717) is 12.1 Å². The highest BCUT2D eigenvalue weighted by molar-refractivity contribution is 5.43. The van der Waals surface area contributed by atoms with Crippen molar-refractivity contribution in [1.82, 2.24) is 14.9 Å². The molecule has 1 aromatic heterocycles. The maximum Gasteiger partial charge on any atom is 0.161 e. The van der Waals surface area contributed by atoms with Crippen LogP contribution in [0.5, 0.6) is 11.5 Å². The van der Waals surface area contributed by atoms with Crippen LogP contribution in [-0.2, 0) is 13.0 Å². The Morgan fingerprint density at radius 3 is 2.79 bits per heavy atom. The number of aryl methyl sites for hydroxylation is 1. The number of ether oxygens (including phenoxy) is 2. The van der Waals surface area contributed by atoms with Gasteiger partial charge in [0.15, 0.2) is 11.5 Å². The molecule has 2 aromatic rings.